The van der Waals surface area contributed by atoms with Crippen LogP contribution in [0.4, 0.5) is 5.69 Å². The van der Waals surface area contributed by atoms with Gasteiger partial charge in [0.05, 0.1) is 31.2 Å². The standard InChI is InChI=1S/C33H46N2O3S/c1-3-4-5-6-7-8-9-10-11-12-13-16-23-38-33-28(19-17-21-31(33)37-2)25-32(36)34-30-20-15-14-18-29(30)26-35-22-24-39-27-35/h14-15,17-22,24,27H,3-13,16,23,25-26H2,1-2H3/p+1. The van der Waals surface area contributed by atoms with Crippen LogP contribution in [0, 0.1) is 0 Å². The van der Waals surface area contributed by atoms with Gasteiger partial charge in [0.1, 0.15) is 0 Å². The molecule has 0 saturated heterocycles. The Bertz CT molecular complexity index is 1080. The zero-order chi connectivity index (χ0) is 27.5. The van der Waals surface area contributed by atoms with Gasteiger partial charge in [-0.2, -0.15) is 4.57 Å². The maximum absolute atomic E-state index is 13.1. The fourth-order valence-electron chi connectivity index (χ4n) is 4.84. The molecule has 6 heteroatoms. The van der Waals surface area contributed by atoms with Crippen molar-refractivity contribution in [2.45, 2.75) is 96.9 Å². The lowest BCUT2D eigenvalue weighted by molar-refractivity contribution is -0.683. The van der Waals surface area contributed by atoms with Gasteiger partial charge < -0.3 is 14.8 Å². The van der Waals surface area contributed by atoms with Gasteiger partial charge in [0.2, 0.25) is 11.4 Å². The minimum absolute atomic E-state index is 0.0683. The van der Waals surface area contributed by atoms with Gasteiger partial charge in [0.25, 0.3) is 0 Å². The predicted molar refractivity (Wildman–Crippen MR) is 162 cm³/mol. The van der Waals surface area contributed by atoms with Crippen molar-refractivity contribution in [1.82, 2.24) is 0 Å². The molecule has 0 aliphatic carbocycles. The van der Waals surface area contributed by atoms with E-state index in [4.69, 9.17) is 9.47 Å². The molecule has 3 aromatic rings. The van der Waals surface area contributed by atoms with Gasteiger partial charge in [-0.15, -0.1) is 0 Å². The summed E-state index contributed by atoms with van der Waals surface area (Å²) in [4.78, 5) is 13.1. The van der Waals surface area contributed by atoms with Gasteiger partial charge in [0.15, 0.2) is 24.2 Å². The van der Waals surface area contributed by atoms with Gasteiger partial charge in [-0.3, -0.25) is 4.79 Å². The molecule has 212 valence electrons. The molecule has 0 aliphatic heterocycles. The molecule has 1 N–H and O–H groups in total. The normalized spacial score (nSPS) is 10.9. The van der Waals surface area contributed by atoms with Crippen molar-refractivity contribution in [3.8, 4) is 11.5 Å². The van der Waals surface area contributed by atoms with E-state index in [1.54, 1.807) is 18.4 Å². The highest BCUT2D eigenvalue weighted by Gasteiger charge is 2.16. The highest BCUT2D eigenvalue weighted by atomic mass is 32.1. The number of hydrogen-bond donors (Lipinski definition) is 1. The molecule has 0 aliphatic rings. The SMILES string of the molecule is CCCCCCCCCCCCCCOc1c(CC(=O)Nc2ccccc2C[n+]2ccsc2)cccc1OC. The van der Waals surface area contributed by atoms with Crippen molar-refractivity contribution >= 4 is 22.9 Å². The Morgan fingerprint density at radius 2 is 1.51 bits per heavy atom. The van der Waals surface area contributed by atoms with E-state index in [9.17, 15) is 4.79 Å². The lowest BCUT2D eigenvalue weighted by atomic mass is 10.1. The van der Waals surface area contributed by atoms with Crippen LogP contribution in [-0.2, 0) is 17.8 Å². The second-order valence-corrected chi connectivity index (χ2v) is 11.0. The predicted octanol–water partition coefficient (Wildman–Crippen LogP) is 8.35. The molecule has 1 heterocycles. The largest absolute Gasteiger partial charge is 0.493 e. The molecule has 2 aromatic carbocycles. The lowest BCUT2D eigenvalue weighted by Crippen LogP contribution is -2.31. The molecule has 3 rings (SSSR count). The molecule has 0 atom stereocenters. The van der Waals surface area contributed by atoms with Crippen LogP contribution < -0.4 is 19.4 Å². The second kappa shape index (κ2) is 18.4. The zero-order valence-electron chi connectivity index (χ0n) is 24.0. The average molecular weight is 552 g/mol. The van der Waals surface area contributed by atoms with Crippen molar-refractivity contribution in [3.63, 3.8) is 0 Å². The molecular formula is C33H47N2O3S+. The van der Waals surface area contributed by atoms with Crippen LogP contribution in [-0.4, -0.2) is 19.6 Å². The molecular weight excluding hydrogens is 504 g/mol. The van der Waals surface area contributed by atoms with Crippen LogP contribution in [0.2, 0.25) is 0 Å². The number of rotatable bonds is 20. The third-order valence-electron chi connectivity index (χ3n) is 7.05. The number of anilines is 1. The number of thiazole rings is 1. The number of carbonyl (C=O) groups is 1. The van der Waals surface area contributed by atoms with Gasteiger partial charge in [-0.25, -0.2) is 0 Å². The Balaban J connectivity index is 1.42. The van der Waals surface area contributed by atoms with E-state index < -0.39 is 0 Å². The summed E-state index contributed by atoms with van der Waals surface area (Å²) in [5, 5.41) is 5.15. The van der Waals surface area contributed by atoms with E-state index in [-0.39, 0.29) is 12.3 Å². The zero-order valence-corrected chi connectivity index (χ0v) is 24.8. The maximum atomic E-state index is 13.1. The van der Waals surface area contributed by atoms with Crippen LogP contribution in [0.3, 0.4) is 0 Å². The van der Waals surface area contributed by atoms with Crippen molar-refractivity contribution in [2.75, 3.05) is 19.0 Å². The molecule has 1 amide bonds. The first-order valence-electron chi connectivity index (χ1n) is 14.8. The summed E-state index contributed by atoms with van der Waals surface area (Å²) in [6.07, 6.45) is 18.0. The van der Waals surface area contributed by atoms with Crippen LogP contribution >= 0.6 is 11.3 Å². The highest BCUT2D eigenvalue weighted by Crippen LogP contribution is 2.32. The minimum Gasteiger partial charge on any atom is -0.493 e. The topological polar surface area (TPSA) is 51.4 Å². The number of methoxy groups -OCH3 is 1. The number of nitrogens with one attached hydrogen (secondary N) is 1. The van der Waals surface area contributed by atoms with Crippen LogP contribution in [0.1, 0.15) is 95.1 Å². The number of unbranched alkanes of at least 4 members (excludes halogenated alkanes) is 11. The van der Waals surface area contributed by atoms with Gasteiger partial charge >= 0.3 is 0 Å². The number of para-hydroxylation sites is 2. The van der Waals surface area contributed by atoms with E-state index in [1.807, 2.05) is 48.0 Å². The van der Waals surface area contributed by atoms with Gasteiger partial charge in [0, 0.05) is 11.1 Å². The number of hydrogen-bond acceptors (Lipinski definition) is 4. The molecule has 0 spiro atoms. The van der Waals surface area contributed by atoms with Crippen molar-refractivity contribution in [2.24, 2.45) is 0 Å². The summed E-state index contributed by atoms with van der Waals surface area (Å²) in [6, 6.07) is 13.7. The Kier molecular flexibility index (Phi) is 14.5. The molecule has 0 unspecified atom stereocenters. The maximum Gasteiger partial charge on any atom is 0.228 e. The number of benzene rings is 2. The third-order valence-corrected chi connectivity index (χ3v) is 7.72. The highest BCUT2D eigenvalue weighted by molar-refractivity contribution is 7.07. The lowest BCUT2D eigenvalue weighted by Gasteiger charge is -2.15. The van der Waals surface area contributed by atoms with E-state index in [0.717, 1.165) is 23.2 Å². The summed E-state index contributed by atoms with van der Waals surface area (Å²) in [7, 11) is 1.65. The van der Waals surface area contributed by atoms with E-state index in [0.29, 0.717) is 24.7 Å². The molecule has 39 heavy (non-hydrogen) atoms. The van der Waals surface area contributed by atoms with E-state index in [1.165, 1.54) is 70.6 Å². The fourth-order valence-corrected chi connectivity index (χ4v) is 5.44. The first-order chi connectivity index (χ1) is 19.2. The monoisotopic (exact) mass is 551 g/mol. The van der Waals surface area contributed by atoms with Crippen molar-refractivity contribution < 1.29 is 18.8 Å². The number of nitrogens with zero attached hydrogens (tertiary/aromatic N) is 1. The summed E-state index contributed by atoms with van der Waals surface area (Å²) in [5.41, 5.74) is 4.82. The first kappa shape index (κ1) is 30.7. The van der Waals surface area contributed by atoms with Crippen LogP contribution in [0.25, 0.3) is 0 Å². The van der Waals surface area contributed by atoms with Crippen LogP contribution in [0.5, 0.6) is 11.5 Å². The quantitative estimate of drug-likeness (QED) is 0.113. The summed E-state index contributed by atoms with van der Waals surface area (Å²) in [5.74, 6) is 1.29. The number of carbonyl (C=O) groups excluding carboxylic acids is 1. The molecule has 0 fully saturated rings. The molecule has 0 radical (unpaired) electrons. The van der Waals surface area contributed by atoms with E-state index in [2.05, 4.69) is 28.4 Å². The number of amides is 1. The Labute approximate surface area is 239 Å². The average Bonchev–Trinajstić information content (AvgIpc) is 3.46. The molecule has 5 nitrogen and oxygen atoms in total. The fraction of sp³-hybridized carbons (Fsp3) is 0.515. The van der Waals surface area contributed by atoms with Crippen molar-refractivity contribution in [3.05, 3.63) is 70.7 Å². The molecule has 0 saturated carbocycles. The summed E-state index contributed by atoms with van der Waals surface area (Å²) < 4.78 is 13.9. The Morgan fingerprint density at radius 3 is 2.18 bits per heavy atom. The van der Waals surface area contributed by atoms with E-state index >= 15 is 0 Å². The van der Waals surface area contributed by atoms with Gasteiger partial charge in [-0.05, 0) is 18.6 Å². The second-order valence-electron chi connectivity index (χ2n) is 10.3. The Morgan fingerprint density at radius 1 is 0.846 bits per heavy atom. The molecule has 0 bridgehead atoms. The smallest absolute Gasteiger partial charge is 0.228 e. The minimum atomic E-state index is -0.0683. The van der Waals surface area contributed by atoms with Crippen molar-refractivity contribution in [1.29, 1.82) is 0 Å². The number of ether oxygens (including phenoxy) is 2. The third kappa shape index (κ3) is 11.4. The number of aromatic nitrogens is 1. The summed E-state index contributed by atoms with van der Waals surface area (Å²) >= 11 is 1.65. The summed E-state index contributed by atoms with van der Waals surface area (Å²) in [6.45, 7) is 3.62. The molecule has 1 aromatic heterocycles. The first-order valence-corrected chi connectivity index (χ1v) is 15.7. The van der Waals surface area contributed by atoms with Crippen LogP contribution in [0.15, 0.2) is 59.6 Å². The van der Waals surface area contributed by atoms with Gasteiger partial charge in [-0.1, -0.05) is 119 Å². The Hall–Kier alpha value is -2.86.